The molecule has 0 bridgehead atoms. The zero-order valence-electron chi connectivity index (χ0n) is 14.2. The van der Waals surface area contributed by atoms with E-state index in [2.05, 4.69) is 10.6 Å². The zero-order chi connectivity index (χ0) is 19.0. The first-order valence-corrected chi connectivity index (χ1v) is 8.08. The second-order valence-electron chi connectivity index (χ2n) is 5.72. The minimum atomic E-state index is -0.901. The predicted octanol–water partition coefficient (Wildman–Crippen LogP) is 1.18. The van der Waals surface area contributed by atoms with Crippen molar-refractivity contribution in [3.8, 4) is 0 Å². The third-order valence-corrected chi connectivity index (χ3v) is 4.31. The molecule has 1 aliphatic rings. The van der Waals surface area contributed by atoms with Gasteiger partial charge in [-0.2, -0.15) is 0 Å². The molecule has 2 heterocycles. The highest BCUT2D eigenvalue weighted by Gasteiger charge is 2.33. The van der Waals surface area contributed by atoms with E-state index in [0.717, 1.165) is 4.57 Å². The number of nitrogens with one attached hydrogen (secondary N) is 2. The maximum atomic E-state index is 12.9. The molecule has 0 spiro atoms. The molecule has 1 aliphatic heterocycles. The van der Waals surface area contributed by atoms with Gasteiger partial charge < -0.3 is 5.32 Å². The van der Waals surface area contributed by atoms with Crippen LogP contribution < -0.4 is 21.9 Å². The number of anilines is 1. The van der Waals surface area contributed by atoms with Crippen LogP contribution in [0, 0.1) is 10.1 Å². The number of rotatable bonds is 4. The van der Waals surface area contributed by atoms with Crippen molar-refractivity contribution >= 4 is 17.5 Å². The number of non-ortho nitro benzene ring substituents is 1. The number of hydrogen-bond donors (Lipinski definition) is 2. The second-order valence-corrected chi connectivity index (χ2v) is 5.72. The molecule has 1 atom stereocenters. The van der Waals surface area contributed by atoms with Crippen molar-refractivity contribution in [2.45, 2.75) is 33.0 Å². The Morgan fingerprint density at radius 2 is 1.85 bits per heavy atom. The fourth-order valence-corrected chi connectivity index (χ4v) is 3.10. The van der Waals surface area contributed by atoms with Crippen LogP contribution >= 0.6 is 0 Å². The van der Waals surface area contributed by atoms with E-state index in [0.29, 0.717) is 5.56 Å². The maximum absolute atomic E-state index is 12.9. The molecule has 1 aromatic heterocycles. The second kappa shape index (κ2) is 6.47. The molecule has 0 saturated carbocycles. The Labute approximate surface area is 147 Å². The van der Waals surface area contributed by atoms with E-state index in [4.69, 9.17) is 0 Å². The lowest BCUT2D eigenvalue weighted by molar-refractivity contribution is -0.384. The average Bonchev–Trinajstić information content (AvgIpc) is 2.61. The largest absolute Gasteiger partial charge is 0.332 e. The number of hydrogen-bond acceptors (Lipinski definition) is 5. The Morgan fingerprint density at radius 1 is 1.15 bits per heavy atom. The molecule has 1 unspecified atom stereocenters. The quantitative estimate of drug-likeness (QED) is 0.626. The van der Waals surface area contributed by atoms with Crippen LogP contribution in [-0.4, -0.2) is 20.1 Å². The molecule has 1 aromatic carbocycles. The number of aromatic nitrogens is 2. The molecule has 10 heteroatoms. The summed E-state index contributed by atoms with van der Waals surface area (Å²) in [6, 6.07) is 4.20. The summed E-state index contributed by atoms with van der Waals surface area (Å²) in [5.74, 6) is 0.118. The SMILES string of the molecule is CCn1c2c(c(=O)n(CC)c1=O)C(c1cccc([N+](=O)[O-])c1)NC(=O)N2. The molecule has 3 rings (SSSR count). The normalized spacial score (nSPS) is 15.8. The molecule has 10 nitrogen and oxygen atoms in total. The van der Waals surface area contributed by atoms with Crippen molar-refractivity contribution in [1.82, 2.24) is 14.5 Å². The van der Waals surface area contributed by atoms with E-state index in [-0.39, 0.29) is 30.2 Å². The summed E-state index contributed by atoms with van der Waals surface area (Å²) in [5, 5.41) is 16.2. The van der Waals surface area contributed by atoms with Crippen molar-refractivity contribution < 1.29 is 9.72 Å². The standard InChI is InChI=1S/C16H17N5O5/c1-3-19-13-11(14(22)20(4-2)16(19)24)12(17-15(23)18-13)9-6-5-7-10(8-9)21(25)26/h5-8,12H,3-4H2,1-2H3,(H2,17,18,23). The molecule has 136 valence electrons. The van der Waals surface area contributed by atoms with Crippen molar-refractivity contribution in [3.05, 3.63) is 66.3 Å². The van der Waals surface area contributed by atoms with Crippen LogP contribution in [0.25, 0.3) is 0 Å². The van der Waals surface area contributed by atoms with Crippen molar-refractivity contribution in [2.75, 3.05) is 5.32 Å². The van der Waals surface area contributed by atoms with Crippen LogP contribution in [0.2, 0.25) is 0 Å². The number of nitro groups is 1. The smallest absolute Gasteiger partial charge is 0.327 e. The molecule has 2 amide bonds. The van der Waals surface area contributed by atoms with Gasteiger partial charge in [-0.25, -0.2) is 9.59 Å². The van der Waals surface area contributed by atoms with Crippen molar-refractivity contribution in [2.24, 2.45) is 0 Å². The highest BCUT2D eigenvalue weighted by Crippen LogP contribution is 2.30. The molecule has 2 N–H and O–H groups in total. The van der Waals surface area contributed by atoms with Gasteiger partial charge >= 0.3 is 11.7 Å². The Balaban J connectivity index is 2.32. The molecule has 26 heavy (non-hydrogen) atoms. The monoisotopic (exact) mass is 359 g/mol. The van der Waals surface area contributed by atoms with Gasteiger partial charge in [0.2, 0.25) is 0 Å². The summed E-state index contributed by atoms with van der Waals surface area (Å²) < 4.78 is 2.38. The van der Waals surface area contributed by atoms with Gasteiger partial charge in [-0.1, -0.05) is 12.1 Å². The van der Waals surface area contributed by atoms with E-state index in [9.17, 15) is 24.5 Å². The van der Waals surface area contributed by atoms with Gasteiger partial charge in [0.05, 0.1) is 16.5 Å². The zero-order valence-corrected chi connectivity index (χ0v) is 14.2. The number of amides is 2. The molecule has 0 aliphatic carbocycles. The average molecular weight is 359 g/mol. The number of nitro benzene ring substituents is 1. The van der Waals surface area contributed by atoms with Gasteiger partial charge in [-0.3, -0.25) is 29.4 Å². The first kappa shape index (κ1) is 17.4. The predicted molar refractivity (Wildman–Crippen MR) is 93.4 cm³/mol. The Kier molecular flexibility index (Phi) is 4.33. The third-order valence-electron chi connectivity index (χ3n) is 4.31. The minimum Gasteiger partial charge on any atom is -0.327 e. The number of urea groups is 1. The summed E-state index contributed by atoms with van der Waals surface area (Å²) in [6.45, 7) is 3.82. The van der Waals surface area contributed by atoms with E-state index in [1.165, 1.54) is 22.8 Å². The van der Waals surface area contributed by atoms with Crippen molar-refractivity contribution in [3.63, 3.8) is 0 Å². The summed E-state index contributed by atoms with van der Waals surface area (Å²) in [6.07, 6.45) is 0. The Hall–Kier alpha value is -3.43. The molecule has 0 radical (unpaired) electrons. The molecule has 0 fully saturated rings. The van der Waals surface area contributed by atoms with Crippen LogP contribution in [0.3, 0.4) is 0 Å². The topological polar surface area (TPSA) is 128 Å². The number of fused-ring (bicyclic) bond motifs is 1. The summed E-state index contributed by atoms with van der Waals surface area (Å²) in [4.78, 5) is 47.9. The lowest BCUT2D eigenvalue weighted by Gasteiger charge is -2.29. The highest BCUT2D eigenvalue weighted by molar-refractivity contribution is 5.92. The number of carbonyl (C=O) groups excluding carboxylic acids is 1. The van der Waals surface area contributed by atoms with Gasteiger partial charge in [0, 0.05) is 25.2 Å². The number of nitrogens with zero attached hydrogens (tertiary/aromatic N) is 3. The van der Waals surface area contributed by atoms with Gasteiger partial charge in [0.15, 0.2) is 0 Å². The van der Waals surface area contributed by atoms with Crippen LogP contribution in [0.15, 0.2) is 33.9 Å². The summed E-state index contributed by atoms with van der Waals surface area (Å²) in [7, 11) is 0. The van der Waals surface area contributed by atoms with Gasteiger partial charge in [-0.15, -0.1) is 0 Å². The lowest BCUT2D eigenvalue weighted by Crippen LogP contribution is -2.50. The highest BCUT2D eigenvalue weighted by atomic mass is 16.6. The van der Waals surface area contributed by atoms with Gasteiger partial charge in [0.25, 0.3) is 11.2 Å². The third kappa shape index (κ3) is 2.65. The van der Waals surface area contributed by atoms with Gasteiger partial charge in [-0.05, 0) is 19.4 Å². The number of benzene rings is 1. The summed E-state index contributed by atoms with van der Waals surface area (Å²) in [5.41, 5.74) is -0.652. The molecule has 0 saturated heterocycles. The lowest BCUT2D eigenvalue weighted by atomic mass is 9.98. The van der Waals surface area contributed by atoms with E-state index < -0.39 is 28.2 Å². The fraction of sp³-hybridized carbons (Fsp3) is 0.312. The first-order chi connectivity index (χ1) is 12.4. The van der Waals surface area contributed by atoms with Crippen LogP contribution in [0.5, 0.6) is 0 Å². The molecule has 2 aromatic rings. The maximum Gasteiger partial charge on any atom is 0.332 e. The minimum absolute atomic E-state index is 0.118. The first-order valence-electron chi connectivity index (χ1n) is 8.08. The summed E-state index contributed by atoms with van der Waals surface area (Å²) >= 11 is 0. The van der Waals surface area contributed by atoms with Crippen LogP contribution in [0.4, 0.5) is 16.3 Å². The molecular weight excluding hydrogens is 342 g/mol. The van der Waals surface area contributed by atoms with E-state index in [1.807, 2.05) is 0 Å². The van der Waals surface area contributed by atoms with Gasteiger partial charge in [0.1, 0.15) is 5.82 Å². The van der Waals surface area contributed by atoms with Crippen LogP contribution in [0.1, 0.15) is 31.0 Å². The van der Waals surface area contributed by atoms with E-state index in [1.54, 1.807) is 19.9 Å². The molecular formula is C16H17N5O5. The van der Waals surface area contributed by atoms with E-state index >= 15 is 0 Å². The Morgan fingerprint density at radius 3 is 2.46 bits per heavy atom. The van der Waals surface area contributed by atoms with Crippen molar-refractivity contribution in [1.29, 1.82) is 0 Å². The van der Waals surface area contributed by atoms with Crippen LogP contribution in [-0.2, 0) is 13.1 Å². The Bertz CT molecular complexity index is 1020. The number of carbonyl (C=O) groups is 1. The fourth-order valence-electron chi connectivity index (χ4n) is 3.10.